The summed E-state index contributed by atoms with van der Waals surface area (Å²) in [5, 5.41) is 117. The number of hydrogen-bond donors (Lipinski definition) is 28. The Labute approximate surface area is 794 Å². The number of aromatic hydroxyl groups is 1. The number of carboxylic acids is 7. The first-order valence-electron chi connectivity index (χ1n) is 42.2. The van der Waals surface area contributed by atoms with Crippen LogP contribution in [0.15, 0.2) is 85.1 Å². The van der Waals surface area contributed by atoms with Crippen LogP contribution in [0, 0.1) is 5.92 Å². The van der Waals surface area contributed by atoms with Gasteiger partial charge in [0.25, 0.3) is 0 Å². The Hall–Kier alpha value is -13.9. The summed E-state index contributed by atoms with van der Waals surface area (Å²) in [5.74, 6) is -29.7. The van der Waals surface area contributed by atoms with E-state index in [0.717, 1.165) is 6.92 Å². The number of carbonyl (C=O) groups is 22. The number of aromatic nitrogens is 1. The van der Waals surface area contributed by atoms with Crippen LogP contribution in [0.25, 0.3) is 10.9 Å². The van der Waals surface area contributed by atoms with Crippen molar-refractivity contribution in [2.75, 3.05) is 64.4 Å². The number of nitrogens with two attached hydrogens (primary N) is 3. The molecule has 51 nitrogen and oxygen atoms in total. The second-order valence-electron chi connectivity index (χ2n) is 30.6. The second-order valence-corrected chi connectivity index (χ2v) is 31.6. The van der Waals surface area contributed by atoms with E-state index in [2.05, 4.69) is 90.1 Å². The molecule has 1 radical (unpaired) electrons. The van der Waals surface area contributed by atoms with Gasteiger partial charge in [0.1, 0.15) is 78.3 Å². The number of amides is 15. The first-order chi connectivity index (χ1) is 63.5. The van der Waals surface area contributed by atoms with Gasteiger partial charge in [-0.15, -0.1) is 0 Å². The van der Waals surface area contributed by atoms with E-state index in [4.69, 9.17) is 17.2 Å². The van der Waals surface area contributed by atoms with Crippen LogP contribution in [0.1, 0.15) is 114 Å². The molecule has 745 valence electrons. The molecule has 3 aromatic carbocycles. The number of rotatable bonds is 66. The number of fused-ring (bicyclic) bond motifs is 1. The zero-order chi connectivity index (χ0) is 99.7. The molecule has 0 fully saturated rings. The Morgan fingerprint density at radius 3 is 1.10 bits per heavy atom. The van der Waals surface area contributed by atoms with E-state index in [1.807, 2.05) is 0 Å². The molecule has 0 unspecified atom stereocenters. The number of benzene rings is 3. The Bertz CT molecular complexity index is 4760. The minimum Gasteiger partial charge on any atom is -2.00 e. The number of carboxylic acid groups (broad SMARTS) is 7. The summed E-state index contributed by atoms with van der Waals surface area (Å²) in [7, 11) is 0. The Morgan fingerprint density at radius 2 is 0.699 bits per heavy atom. The quantitative estimate of drug-likeness (QED) is 0.0183. The third-order valence-corrected chi connectivity index (χ3v) is 20.7. The largest absolute Gasteiger partial charge is 4.00 e. The number of carbonyl (C=O) groups excluding carboxylic acids is 15. The van der Waals surface area contributed by atoms with Crippen LogP contribution >= 0.6 is 11.8 Å². The summed E-state index contributed by atoms with van der Waals surface area (Å²) >= 11 is 1.24. The van der Waals surface area contributed by atoms with Gasteiger partial charge in [-0.05, 0) is 98.8 Å². The zero-order valence-electron chi connectivity index (χ0n) is 74.0. The number of nitrogens with one attached hydrogen (secondary N) is 17. The third kappa shape index (κ3) is 45.2. The number of thioether (sulfide) groups is 1. The van der Waals surface area contributed by atoms with Gasteiger partial charge in [-0.25, -0.2) is 0 Å². The summed E-state index contributed by atoms with van der Waals surface area (Å²) in [5.41, 5.74) is 18.6. The molecule has 0 bridgehead atoms. The third-order valence-electron chi connectivity index (χ3n) is 20.0. The fourth-order valence-corrected chi connectivity index (χ4v) is 13.4. The first kappa shape index (κ1) is 118. The molecule has 15 amide bonds. The van der Waals surface area contributed by atoms with Crippen LogP contribution < -0.4 is 102 Å². The molecule has 4 rings (SSSR count). The van der Waals surface area contributed by atoms with Crippen molar-refractivity contribution < 1.29 is 172 Å². The van der Waals surface area contributed by atoms with Gasteiger partial charge in [0.15, 0.2) is 0 Å². The van der Waals surface area contributed by atoms with Crippen molar-refractivity contribution in [1.82, 2.24) is 90.1 Å². The average molecular weight is 2020 g/mol. The summed E-state index contributed by atoms with van der Waals surface area (Å²) in [6, 6.07) is -1.79. The van der Waals surface area contributed by atoms with E-state index in [1.54, 1.807) is 67.0 Å². The monoisotopic (exact) mass is 2020 g/mol. The topological polar surface area (TPSA) is 852 Å². The minimum atomic E-state index is -2.15. The summed E-state index contributed by atoms with van der Waals surface area (Å²) < 4.78 is 0. The predicted molar refractivity (Wildman–Crippen MR) is 473 cm³/mol. The molecule has 0 saturated heterocycles. The van der Waals surface area contributed by atoms with Gasteiger partial charge in [0.2, 0.25) is 88.6 Å². The van der Waals surface area contributed by atoms with E-state index < -0.39 is 312 Å². The molecule has 4 aromatic rings. The molecule has 0 aliphatic heterocycles. The fraction of sp³-hybridized carbons (Fsp3) is 0.494. The molecular weight excluding hydrogens is 1900 g/mol. The second kappa shape index (κ2) is 62.6. The molecule has 0 saturated carbocycles. The number of H-pyrrole nitrogens is 1. The number of hydrogen-bond acceptors (Lipinski definition) is 28. The maximum absolute atomic E-state index is 14.6. The minimum absolute atomic E-state index is 0. The normalized spacial score (nSPS) is 13.5. The van der Waals surface area contributed by atoms with Crippen molar-refractivity contribution in [3.8, 4) is 5.75 Å². The Kier molecular flexibility index (Phi) is 54.4. The van der Waals surface area contributed by atoms with Crippen molar-refractivity contribution >= 4 is 153 Å². The first-order valence-corrected chi connectivity index (χ1v) is 43.6. The SMILES string of the molecule is CSCC[C@H](NC(=O)[C@H](Cc1c[nH]c2ccccc12)NC(=O)CNC(=O)[C@H](Cc1ccc(O)cc1)NC(=O)[C@H](C)NC(=O)[C@H](CCC(=O)O)NC(=O)[C@H](CCC(=O)O)NC(=O)[C@H](CCC(=O)O)NC(=O)[C@H](CCC(=O)O)NC(=O)[C@H](CCC(=O)O)NC(=O)[C@@H](CCC(=O)O)NC(=O)CNC(=O)C(CNCCN)CNCCN)C(=O)N[C@@H](CC(=O)O)C(=O)N[C@@H](Cc1ccccc1)C(N)=O.[O-2].[Tc+4]. The fourth-order valence-electron chi connectivity index (χ4n) is 12.9. The number of para-hydroxylation sites is 1. The number of phenols is 1. The van der Waals surface area contributed by atoms with Gasteiger partial charge in [0, 0.05) is 114 Å². The smallest absolute Gasteiger partial charge is 2.00 e. The zero-order valence-corrected chi connectivity index (χ0v) is 76.6. The molecule has 0 spiro atoms. The van der Waals surface area contributed by atoms with Crippen molar-refractivity contribution in [3.05, 3.63) is 102 Å². The van der Waals surface area contributed by atoms with Gasteiger partial charge in [-0.2, -0.15) is 11.8 Å². The van der Waals surface area contributed by atoms with E-state index >= 15 is 0 Å². The number of primary amides is 1. The summed E-state index contributed by atoms with van der Waals surface area (Å²) in [4.78, 5) is 297. The van der Waals surface area contributed by atoms with Crippen LogP contribution in [-0.2, 0) is 150 Å². The van der Waals surface area contributed by atoms with Crippen LogP contribution in [0.2, 0.25) is 0 Å². The number of aromatic amines is 1. The summed E-state index contributed by atoms with van der Waals surface area (Å²) in [6.45, 7) is 0.570. The number of aliphatic carboxylic acids is 7. The van der Waals surface area contributed by atoms with E-state index in [-0.39, 0.29) is 88.1 Å². The van der Waals surface area contributed by atoms with E-state index in [9.17, 15) is 146 Å². The Morgan fingerprint density at radius 1 is 0.368 bits per heavy atom. The van der Waals surface area contributed by atoms with Crippen LogP contribution in [0.3, 0.4) is 0 Å². The van der Waals surface area contributed by atoms with E-state index in [1.165, 1.54) is 36.0 Å². The van der Waals surface area contributed by atoms with Crippen molar-refractivity contribution in [1.29, 1.82) is 0 Å². The van der Waals surface area contributed by atoms with Crippen molar-refractivity contribution in [2.24, 2.45) is 23.1 Å². The van der Waals surface area contributed by atoms with Crippen LogP contribution in [0.5, 0.6) is 5.75 Å². The van der Waals surface area contributed by atoms with Gasteiger partial charge < -0.3 is 154 Å². The van der Waals surface area contributed by atoms with Crippen LogP contribution in [-0.4, -0.2) is 313 Å². The summed E-state index contributed by atoms with van der Waals surface area (Å²) in [6.07, 6.45) is -9.38. The molecule has 1 heterocycles. The van der Waals surface area contributed by atoms with Crippen LogP contribution in [0.4, 0.5) is 0 Å². The molecule has 1 aromatic heterocycles. The van der Waals surface area contributed by atoms with Crippen molar-refractivity contribution in [3.63, 3.8) is 0 Å². The molecule has 31 N–H and O–H groups in total. The molecular formula is C83H116N20O31STc+2. The van der Waals surface area contributed by atoms with E-state index in [0.29, 0.717) is 35.1 Å². The van der Waals surface area contributed by atoms with Gasteiger partial charge in [0.05, 0.1) is 25.4 Å². The maximum atomic E-state index is 14.6. The molecule has 136 heavy (non-hydrogen) atoms. The molecule has 0 aliphatic carbocycles. The molecule has 12 atom stereocenters. The predicted octanol–water partition coefficient (Wildman–Crippen LogP) is -7.54. The average Bonchev–Trinajstić information content (AvgIpc) is 1.67. The number of phenolic OH excluding ortho intramolecular Hbond substituents is 1. The Balaban J connectivity index is 0.0000313. The molecule has 53 heteroatoms. The van der Waals surface area contributed by atoms with Gasteiger partial charge in [-0.3, -0.25) is 105 Å². The molecule has 0 aliphatic rings. The van der Waals surface area contributed by atoms with Crippen molar-refractivity contribution in [2.45, 2.75) is 189 Å². The van der Waals surface area contributed by atoms with Gasteiger partial charge >= 0.3 is 61.9 Å². The standard InChI is InChI=1S/C83H116N20O30S.O.Tc/c1-43(72(122)102-59(35-45-12-14-48(104)15-13-45)74(124)91-42-63(106)94-60(36-46-40-89-50-11-7-6-10-49(46)50)82(132)100-57(28-33-134-2)81(131)103-61(37-70(119)120)83(133)101-58(71(86)121)34-44-8-4-3-5-9-44)92-75(125)52(17-23-65(109)110)95-77(127)54(19-25-67(113)114)97-79(129)56(21-27-69(117)118)99-80(130)55(20-26-68(115)116)98-78(128)53(18-24-66(111)112)96-76(126)51(16-22-64(107)108)93-62(105)41-90-73(123)47(38-87-31-29-84)39-88-32-30-85;;/h3-15,40,43,47,51-61,87-89,104H,16-39,41-42,84-85H2,1-2H3,(H2,86,121)(H,90,123)(H,91,124)(H,92,125)(H,93,105)(H,94,106)(H,95,127)(H,96,126)(H,97,129)(H,98,128)(H,99,130)(H,100,132)(H,101,133)(H,102,122)(H,103,131)(H,107,108)(H,109,110)(H,111,112)(H,113,114)(H,115,116)(H,117,118)(H,119,120);;/q;-2;+4/t43-,51+,52-,53-,54-,55-,56-,57-,58-,59-,60-,61-;;/m0../s1. The van der Waals surface area contributed by atoms with Gasteiger partial charge in [-0.1, -0.05) is 60.7 Å². The maximum Gasteiger partial charge on any atom is 4.00 e.